The molecule has 0 aliphatic heterocycles. The van der Waals surface area contributed by atoms with Gasteiger partial charge in [-0.2, -0.15) is 0 Å². The van der Waals surface area contributed by atoms with Crippen LogP contribution in [0.25, 0.3) is 0 Å². The average molecular weight is 191 g/mol. The van der Waals surface area contributed by atoms with Crippen molar-refractivity contribution in [3.8, 4) is 0 Å². The number of aromatic nitrogens is 3. The zero-order valence-electron chi connectivity index (χ0n) is 5.75. The predicted octanol–water partition coefficient (Wildman–Crippen LogP) is -2.16. The summed E-state index contributed by atoms with van der Waals surface area (Å²) in [7, 11) is -4.50. The minimum absolute atomic E-state index is 0.247. The summed E-state index contributed by atoms with van der Waals surface area (Å²) in [4.78, 5) is 17.3. The highest BCUT2D eigenvalue weighted by atomic mass is 31.2. The van der Waals surface area contributed by atoms with Gasteiger partial charge >= 0.3 is 7.60 Å². The number of nitrogens with two attached hydrogens (primary N) is 2. The van der Waals surface area contributed by atoms with Crippen LogP contribution in [0.1, 0.15) is 0 Å². The van der Waals surface area contributed by atoms with Crippen LogP contribution in [-0.2, 0) is 4.57 Å². The van der Waals surface area contributed by atoms with Crippen LogP contribution in [0.15, 0.2) is 0 Å². The van der Waals surface area contributed by atoms with E-state index < -0.39 is 13.0 Å². The van der Waals surface area contributed by atoms with Gasteiger partial charge in [0.05, 0.1) is 0 Å². The van der Waals surface area contributed by atoms with Crippen molar-refractivity contribution < 1.29 is 14.4 Å². The second-order valence-electron chi connectivity index (χ2n) is 1.96. The second kappa shape index (κ2) is 2.67. The summed E-state index contributed by atoms with van der Waals surface area (Å²) in [6.45, 7) is 0. The van der Waals surface area contributed by atoms with Gasteiger partial charge < -0.3 is 21.3 Å². The van der Waals surface area contributed by atoms with Crippen LogP contribution < -0.4 is 16.9 Å². The molecule has 0 bridgehead atoms. The molecule has 0 unspecified atom stereocenters. The molecule has 0 aromatic carbocycles. The van der Waals surface area contributed by atoms with Crippen molar-refractivity contribution in [1.29, 1.82) is 0 Å². The Morgan fingerprint density at radius 1 is 1.25 bits per heavy atom. The van der Waals surface area contributed by atoms with E-state index in [1.54, 1.807) is 0 Å². The van der Waals surface area contributed by atoms with E-state index in [-0.39, 0.29) is 11.5 Å². The molecular formula is C3H6N5O3P. The predicted molar refractivity (Wildman–Crippen MR) is 40.3 cm³/mol. The van der Waals surface area contributed by atoms with Crippen molar-refractivity contribution >= 4 is 24.5 Å². The molecule has 0 saturated heterocycles. The highest BCUT2D eigenvalue weighted by Gasteiger charge is 2.24. The Labute approximate surface area is 66.8 Å². The van der Waals surface area contributed by atoms with Gasteiger partial charge in [-0.3, -0.25) is 4.57 Å². The van der Waals surface area contributed by atoms with E-state index in [0.717, 1.165) is 0 Å². The molecule has 1 aromatic rings. The standard InChI is InChI=1S/C3H6N5O3P/c4-1-2(5)6-8-7-3(1)12(9,10)11/h(H2,4,8)(H2,5,6,7)(H2,9,10,11). The Morgan fingerprint density at radius 3 is 2.25 bits per heavy atom. The topological polar surface area (TPSA) is 148 Å². The minimum atomic E-state index is -4.50. The number of anilines is 2. The van der Waals surface area contributed by atoms with Gasteiger partial charge in [0.1, 0.15) is 5.69 Å². The summed E-state index contributed by atoms with van der Waals surface area (Å²) in [6, 6.07) is 0. The summed E-state index contributed by atoms with van der Waals surface area (Å²) in [5, 5.41) is 9.30. The first-order valence-corrected chi connectivity index (χ1v) is 4.34. The molecule has 12 heavy (non-hydrogen) atoms. The largest absolute Gasteiger partial charge is 0.394 e. The first kappa shape index (κ1) is 8.85. The zero-order valence-corrected chi connectivity index (χ0v) is 6.64. The lowest BCUT2D eigenvalue weighted by Gasteiger charge is -2.04. The van der Waals surface area contributed by atoms with E-state index in [0.29, 0.717) is 0 Å². The smallest absolute Gasteiger partial charge is 0.378 e. The van der Waals surface area contributed by atoms with Gasteiger partial charge in [0.2, 0.25) is 5.44 Å². The third kappa shape index (κ3) is 1.50. The van der Waals surface area contributed by atoms with Crippen molar-refractivity contribution in [1.82, 2.24) is 15.4 Å². The molecule has 66 valence electrons. The van der Waals surface area contributed by atoms with E-state index in [9.17, 15) is 4.57 Å². The van der Waals surface area contributed by atoms with E-state index in [4.69, 9.17) is 21.3 Å². The van der Waals surface area contributed by atoms with Gasteiger partial charge in [0, 0.05) is 0 Å². The number of nitrogen functional groups attached to an aromatic ring is 2. The Kier molecular flexibility index (Phi) is 1.97. The van der Waals surface area contributed by atoms with Crippen molar-refractivity contribution in [2.75, 3.05) is 11.5 Å². The highest BCUT2D eigenvalue weighted by molar-refractivity contribution is 7.60. The molecule has 0 radical (unpaired) electrons. The number of hydrogen-bond donors (Lipinski definition) is 4. The lowest BCUT2D eigenvalue weighted by atomic mass is 10.5. The first-order valence-electron chi connectivity index (χ1n) is 2.73. The van der Waals surface area contributed by atoms with Crippen LogP contribution in [0.3, 0.4) is 0 Å². The van der Waals surface area contributed by atoms with E-state index >= 15 is 0 Å². The van der Waals surface area contributed by atoms with Gasteiger partial charge in [-0.05, 0) is 5.21 Å². The molecule has 1 heterocycles. The molecule has 8 nitrogen and oxygen atoms in total. The summed E-state index contributed by atoms with van der Waals surface area (Å²) in [5.74, 6) is -0.247. The van der Waals surface area contributed by atoms with Crippen LogP contribution >= 0.6 is 7.60 Å². The van der Waals surface area contributed by atoms with Gasteiger partial charge in [-0.15, -0.1) is 10.2 Å². The lowest BCUT2D eigenvalue weighted by molar-refractivity contribution is 0.386. The van der Waals surface area contributed by atoms with E-state index in [1.165, 1.54) is 0 Å². The van der Waals surface area contributed by atoms with Gasteiger partial charge in [-0.25, -0.2) is 0 Å². The van der Waals surface area contributed by atoms with E-state index in [2.05, 4.69) is 15.4 Å². The molecule has 6 N–H and O–H groups in total. The van der Waals surface area contributed by atoms with Crippen molar-refractivity contribution in [2.45, 2.75) is 0 Å². The fourth-order valence-corrected chi connectivity index (χ4v) is 1.14. The maximum Gasteiger partial charge on any atom is 0.378 e. The lowest BCUT2D eigenvalue weighted by Crippen LogP contribution is -2.19. The average Bonchev–Trinajstić information content (AvgIpc) is 1.92. The Hall–Kier alpha value is -1.24. The number of nitrogens with zero attached hydrogens (tertiary/aromatic N) is 3. The monoisotopic (exact) mass is 191 g/mol. The Balaban J connectivity index is 3.36. The molecule has 0 atom stereocenters. The molecule has 0 fully saturated rings. The molecule has 0 saturated carbocycles. The van der Waals surface area contributed by atoms with Crippen LogP contribution in [0.5, 0.6) is 0 Å². The Morgan fingerprint density at radius 2 is 1.83 bits per heavy atom. The summed E-state index contributed by atoms with van der Waals surface area (Å²) in [6.07, 6.45) is 0. The SMILES string of the molecule is Nc1nnnc(P(=O)(O)O)c1N. The molecule has 0 aliphatic rings. The normalized spacial score (nSPS) is 11.5. The number of hydrogen-bond acceptors (Lipinski definition) is 6. The maximum absolute atomic E-state index is 10.6. The van der Waals surface area contributed by atoms with Crippen molar-refractivity contribution in [3.63, 3.8) is 0 Å². The van der Waals surface area contributed by atoms with Crippen LogP contribution in [0.2, 0.25) is 0 Å². The van der Waals surface area contributed by atoms with Crippen molar-refractivity contribution in [2.24, 2.45) is 0 Å². The summed E-state index contributed by atoms with van der Waals surface area (Å²) >= 11 is 0. The van der Waals surface area contributed by atoms with Crippen molar-refractivity contribution in [3.05, 3.63) is 0 Å². The zero-order chi connectivity index (χ0) is 9.35. The van der Waals surface area contributed by atoms with Crippen LogP contribution in [0, 0.1) is 0 Å². The molecule has 1 aromatic heterocycles. The van der Waals surface area contributed by atoms with E-state index in [1.807, 2.05) is 0 Å². The van der Waals surface area contributed by atoms with Gasteiger partial charge in [0.15, 0.2) is 5.82 Å². The highest BCUT2D eigenvalue weighted by Crippen LogP contribution is 2.34. The molecule has 0 aliphatic carbocycles. The fourth-order valence-electron chi connectivity index (χ4n) is 0.550. The molecule has 0 spiro atoms. The van der Waals surface area contributed by atoms with Crippen LogP contribution in [0.4, 0.5) is 11.5 Å². The summed E-state index contributed by atoms with van der Waals surface area (Å²) in [5.41, 5.74) is 9.34. The maximum atomic E-state index is 10.6. The third-order valence-electron chi connectivity index (χ3n) is 1.08. The molecule has 0 amide bonds. The molecular weight excluding hydrogens is 185 g/mol. The quantitative estimate of drug-likeness (QED) is 0.366. The first-order chi connectivity index (χ1) is 5.43. The minimum Gasteiger partial charge on any atom is -0.394 e. The van der Waals surface area contributed by atoms with Gasteiger partial charge in [0.25, 0.3) is 0 Å². The second-order valence-corrected chi connectivity index (χ2v) is 3.47. The van der Waals surface area contributed by atoms with Gasteiger partial charge in [-0.1, -0.05) is 0 Å². The molecule has 1 rings (SSSR count). The molecule has 9 heteroatoms. The Bertz CT molecular complexity index is 348. The number of rotatable bonds is 1. The fraction of sp³-hybridized carbons (Fsp3) is 0. The third-order valence-corrected chi connectivity index (χ3v) is 1.97. The van der Waals surface area contributed by atoms with Crippen LogP contribution in [-0.4, -0.2) is 25.2 Å². The summed E-state index contributed by atoms with van der Waals surface area (Å²) < 4.78 is 10.6.